The Morgan fingerprint density at radius 2 is 1.95 bits per heavy atom. The van der Waals surface area contributed by atoms with Gasteiger partial charge in [-0.15, -0.1) is 0 Å². The van der Waals surface area contributed by atoms with Crippen LogP contribution in [0.2, 0.25) is 0 Å². The van der Waals surface area contributed by atoms with Crippen molar-refractivity contribution in [3.63, 3.8) is 0 Å². The van der Waals surface area contributed by atoms with Gasteiger partial charge in [0.1, 0.15) is 0 Å². The van der Waals surface area contributed by atoms with Gasteiger partial charge in [0.25, 0.3) is 0 Å². The molecule has 0 radical (unpaired) electrons. The number of alkyl halides is 1. The van der Waals surface area contributed by atoms with Crippen molar-refractivity contribution in [3.05, 3.63) is 21.8 Å². The summed E-state index contributed by atoms with van der Waals surface area (Å²) in [5.74, 6) is 0.139. The van der Waals surface area contributed by atoms with Gasteiger partial charge in [0, 0.05) is 34.1 Å². The van der Waals surface area contributed by atoms with E-state index in [0.717, 1.165) is 19.3 Å². The fraction of sp³-hybridized carbons (Fsp3) is 0.800. The van der Waals surface area contributed by atoms with Crippen LogP contribution in [0.4, 0.5) is 0 Å². The second kappa shape index (κ2) is 7.37. The minimum absolute atomic E-state index is 0.0195. The average molecular weight is 357 g/mol. The predicted octanol–water partition coefficient (Wildman–Crippen LogP) is 3.20. The number of halogens is 1. The zero-order chi connectivity index (χ0) is 15.4. The first kappa shape index (κ1) is 16.4. The smallest absolute Gasteiger partial charge is 0.213 e. The number of rotatable bonds is 3. The van der Waals surface area contributed by atoms with Gasteiger partial charge in [-0.1, -0.05) is 22.0 Å². The first-order valence-electron chi connectivity index (χ1n) is 7.58. The van der Waals surface area contributed by atoms with Crippen molar-refractivity contribution in [3.8, 4) is 6.07 Å². The lowest BCUT2D eigenvalue weighted by atomic mass is 9.78. The third-order valence-electron chi connectivity index (χ3n) is 4.76. The molecule has 3 atom stereocenters. The largest absolute Gasteiger partial charge is 0.393 e. The van der Waals surface area contributed by atoms with Crippen molar-refractivity contribution in [2.45, 2.75) is 61.9 Å². The normalized spacial score (nSPS) is 37.8. The van der Waals surface area contributed by atoms with Crippen LogP contribution in [0.1, 0.15) is 44.9 Å². The molecule has 0 heterocycles. The summed E-state index contributed by atoms with van der Waals surface area (Å²) in [5, 5.41) is 30.3. The Balaban J connectivity index is 2.01. The Morgan fingerprint density at radius 3 is 2.52 bits per heavy atom. The summed E-state index contributed by atoms with van der Waals surface area (Å²) < 4.78 is 0. The molecule has 2 fully saturated rings. The third kappa shape index (κ3) is 4.27. The van der Waals surface area contributed by atoms with E-state index in [1.54, 1.807) is 0 Å². The quantitative estimate of drug-likeness (QED) is 0.364. The Labute approximate surface area is 133 Å². The molecule has 0 aromatic heterocycles. The molecule has 0 aromatic rings. The van der Waals surface area contributed by atoms with Crippen LogP contribution in [0.5, 0.6) is 0 Å². The topological polar surface area (TPSA) is 87.2 Å². The van der Waals surface area contributed by atoms with Crippen molar-refractivity contribution in [2.75, 3.05) is 0 Å². The molecule has 2 saturated carbocycles. The van der Waals surface area contributed by atoms with Crippen LogP contribution >= 0.6 is 15.9 Å². The molecular weight excluding hydrogens is 336 g/mol. The van der Waals surface area contributed by atoms with Gasteiger partial charge >= 0.3 is 0 Å². The average Bonchev–Trinajstić information content (AvgIpc) is 2.48. The fourth-order valence-corrected chi connectivity index (χ4v) is 4.10. The molecule has 0 saturated heterocycles. The number of hydrogen-bond acceptors (Lipinski definition) is 4. The van der Waals surface area contributed by atoms with Crippen molar-refractivity contribution in [1.29, 1.82) is 5.26 Å². The van der Waals surface area contributed by atoms with Crippen LogP contribution < -0.4 is 0 Å². The standard InChI is InChI=1S/C15H21BrN2O3/c16-13-3-6-15(19)11(8-13)7-12(9-17)10-1-4-14(5-2-10)18(20)21/h7,10-11,13-15,19H,1-6,8H2/b12-7+/t10?,11-,13-,14?,15+/m1/s1. The van der Waals surface area contributed by atoms with Gasteiger partial charge in [0.15, 0.2) is 0 Å². The van der Waals surface area contributed by atoms with Crippen molar-refractivity contribution in [2.24, 2.45) is 11.8 Å². The van der Waals surface area contributed by atoms with E-state index in [0.29, 0.717) is 36.1 Å². The molecule has 0 amide bonds. The second-order valence-electron chi connectivity index (χ2n) is 6.17. The van der Waals surface area contributed by atoms with E-state index >= 15 is 0 Å². The summed E-state index contributed by atoms with van der Waals surface area (Å²) in [6.07, 6.45) is 6.60. The van der Waals surface area contributed by atoms with Crippen LogP contribution in [0.3, 0.4) is 0 Å². The summed E-state index contributed by atoms with van der Waals surface area (Å²) in [7, 11) is 0. The lowest BCUT2D eigenvalue weighted by Crippen LogP contribution is -2.29. The zero-order valence-electron chi connectivity index (χ0n) is 11.9. The van der Waals surface area contributed by atoms with Gasteiger partial charge in [0.2, 0.25) is 6.04 Å². The number of hydrogen-bond donors (Lipinski definition) is 1. The minimum Gasteiger partial charge on any atom is -0.393 e. The molecule has 2 rings (SSSR count). The molecule has 0 spiro atoms. The highest BCUT2D eigenvalue weighted by molar-refractivity contribution is 9.09. The summed E-state index contributed by atoms with van der Waals surface area (Å²) in [6.45, 7) is 0. The summed E-state index contributed by atoms with van der Waals surface area (Å²) in [4.78, 5) is 11.0. The van der Waals surface area contributed by atoms with Gasteiger partial charge in [-0.25, -0.2) is 0 Å². The lowest BCUT2D eigenvalue weighted by Gasteiger charge is -2.30. The Kier molecular flexibility index (Phi) is 5.77. The van der Waals surface area contributed by atoms with Crippen LogP contribution in [-0.2, 0) is 0 Å². The molecule has 21 heavy (non-hydrogen) atoms. The Bertz CT molecular complexity index is 452. The fourth-order valence-electron chi connectivity index (χ4n) is 3.41. The first-order valence-corrected chi connectivity index (χ1v) is 8.50. The van der Waals surface area contributed by atoms with E-state index in [1.165, 1.54) is 0 Å². The Hall–Kier alpha value is -0.930. The molecule has 2 aliphatic carbocycles. The maximum Gasteiger partial charge on any atom is 0.213 e. The highest BCUT2D eigenvalue weighted by atomic mass is 79.9. The number of nitrogens with zero attached hydrogens (tertiary/aromatic N) is 2. The van der Waals surface area contributed by atoms with E-state index in [2.05, 4.69) is 22.0 Å². The van der Waals surface area contributed by atoms with Gasteiger partial charge in [0.05, 0.1) is 12.2 Å². The van der Waals surface area contributed by atoms with E-state index in [1.807, 2.05) is 6.08 Å². The van der Waals surface area contributed by atoms with Crippen molar-refractivity contribution >= 4 is 15.9 Å². The summed E-state index contributed by atoms with van der Waals surface area (Å²) in [5.41, 5.74) is 0.711. The molecule has 0 bridgehead atoms. The van der Waals surface area contributed by atoms with Gasteiger partial charge in [-0.3, -0.25) is 10.1 Å². The third-order valence-corrected chi connectivity index (χ3v) is 5.59. The highest BCUT2D eigenvalue weighted by Crippen LogP contribution is 2.35. The van der Waals surface area contributed by atoms with Crippen LogP contribution in [0.25, 0.3) is 0 Å². The number of aliphatic hydroxyl groups excluding tert-OH is 1. The number of allylic oxidation sites excluding steroid dienone is 1. The summed E-state index contributed by atoms with van der Waals surface area (Å²) >= 11 is 3.59. The zero-order valence-corrected chi connectivity index (χ0v) is 13.5. The second-order valence-corrected chi connectivity index (χ2v) is 7.46. The van der Waals surface area contributed by atoms with Gasteiger partial charge in [-0.05, 0) is 38.0 Å². The minimum atomic E-state index is -0.451. The molecule has 5 nitrogen and oxygen atoms in total. The predicted molar refractivity (Wildman–Crippen MR) is 82.5 cm³/mol. The lowest BCUT2D eigenvalue weighted by molar-refractivity contribution is -0.526. The van der Waals surface area contributed by atoms with Crippen molar-refractivity contribution in [1.82, 2.24) is 0 Å². The molecule has 6 heteroatoms. The maximum atomic E-state index is 10.8. The van der Waals surface area contributed by atoms with Crippen molar-refractivity contribution < 1.29 is 10.0 Å². The number of aliphatic hydroxyl groups is 1. The van der Waals surface area contributed by atoms with Crippen LogP contribution in [0, 0.1) is 33.3 Å². The SMILES string of the molecule is N#C/C(=C\[C@@H]1C[C@H](Br)CC[C@@H]1O)C1CCC([N+](=O)[O-])CC1. The molecule has 0 aliphatic heterocycles. The number of nitriles is 1. The van der Waals surface area contributed by atoms with Crippen LogP contribution in [-0.4, -0.2) is 27.0 Å². The van der Waals surface area contributed by atoms with E-state index in [4.69, 9.17) is 0 Å². The first-order chi connectivity index (χ1) is 10.0. The molecule has 2 aliphatic rings. The monoisotopic (exact) mass is 356 g/mol. The molecule has 116 valence electrons. The van der Waals surface area contributed by atoms with Gasteiger partial charge < -0.3 is 5.11 Å². The maximum absolute atomic E-state index is 10.8. The Morgan fingerprint density at radius 1 is 1.29 bits per heavy atom. The van der Waals surface area contributed by atoms with E-state index in [9.17, 15) is 20.5 Å². The molecular formula is C15H21BrN2O3. The van der Waals surface area contributed by atoms with Gasteiger partial charge in [-0.2, -0.15) is 5.26 Å². The van der Waals surface area contributed by atoms with E-state index < -0.39 is 6.04 Å². The highest BCUT2D eigenvalue weighted by Gasteiger charge is 2.32. The number of nitro groups is 1. The molecule has 0 aromatic carbocycles. The summed E-state index contributed by atoms with van der Waals surface area (Å²) in [6, 6.07) is 1.81. The van der Waals surface area contributed by atoms with Crippen LogP contribution in [0.15, 0.2) is 11.6 Å². The molecule has 0 unspecified atom stereocenters. The molecule has 1 N–H and O–H groups in total. The van der Waals surface area contributed by atoms with E-state index in [-0.39, 0.29) is 22.9 Å².